The first-order valence-electron chi connectivity index (χ1n) is 7.31. The number of nitrogens with zero attached hydrogens (tertiary/aromatic N) is 1. The second kappa shape index (κ2) is 8.26. The highest BCUT2D eigenvalue weighted by Gasteiger charge is 2.07. The minimum absolute atomic E-state index is 0.0870. The molecule has 2 rings (SSSR count). The number of rotatable bonds is 8. The molecule has 0 fully saturated rings. The van der Waals surface area contributed by atoms with Gasteiger partial charge >= 0.3 is 0 Å². The molecule has 2 aromatic carbocycles. The third kappa shape index (κ3) is 5.27. The Morgan fingerprint density at radius 2 is 1.82 bits per heavy atom. The van der Waals surface area contributed by atoms with Gasteiger partial charge in [-0.2, -0.15) is 0 Å². The average molecular weight is 300 g/mol. The van der Waals surface area contributed by atoms with Crippen molar-refractivity contribution in [1.82, 2.24) is 5.32 Å². The molecule has 0 aromatic heterocycles. The van der Waals surface area contributed by atoms with E-state index in [1.54, 1.807) is 12.1 Å². The molecule has 0 aliphatic heterocycles. The fourth-order valence-electron chi connectivity index (χ4n) is 2.24. The van der Waals surface area contributed by atoms with Gasteiger partial charge in [-0.25, -0.2) is 0 Å². The van der Waals surface area contributed by atoms with Crippen molar-refractivity contribution in [2.45, 2.75) is 25.5 Å². The molecule has 1 atom stereocenters. The van der Waals surface area contributed by atoms with Gasteiger partial charge in [0.15, 0.2) is 0 Å². The van der Waals surface area contributed by atoms with Crippen LogP contribution in [0.2, 0.25) is 0 Å². The van der Waals surface area contributed by atoms with Crippen LogP contribution in [0.3, 0.4) is 0 Å². The number of nitrogens with one attached hydrogen (secondary N) is 1. The van der Waals surface area contributed by atoms with Gasteiger partial charge in [0.1, 0.15) is 0 Å². The van der Waals surface area contributed by atoms with Crippen LogP contribution in [0.4, 0.5) is 5.69 Å². The van der Waals surface area contributed by atoms with E-state index in [0.29, 0.717) is 19.5 Å². The van der Waals surface area contributed by atoms with Gasteiger partial charge in [-0.05, 0) is 24.0 Å². The first kappa shape index (κ1) is 16.1. The largest absolute Gasteiger partial charge is 0.392 e. The topological polar surface area (TPSA) is 75.4 Å². The van der Waals surface area contributed by atoms with Crippen LogP contribution in [0.25, 0.3) is 0 Å². The standard InChI is InChI=1S/C17H20N2O3/c20-17(10-9-14-5-2-1-3-6-14)13-18-12-15-7-4-8-16(11-15)19(21)22/h1-8,11,17-18,20H,9-10,12-13H2. The molecule has 0 radical (unpaired) electrons. The van der Waals surface area contributed by atoms with Crippen molar-refractivity contribution in [3.8, 4) is 0 Å². The molecule has 0 saturated heterocycles. The second-order valence-electron chi connectivity index (χ2n) is 5.24. The molecule has 5 heteroatoms. The third-order valence-corrected chi connectivity index (χ3v) is 3.44. The molecule has 0 heterocycles. The summed E-state index contributed by atoms with van der Waals surface area (Å²) in [5.74, 6) is 0. The molecule has 22 heavy (non-hydrogen) atoms. The third-order valence-electron chi connectivity index (χ3n) is 3.44. The van der Waals surface area contributed by atoms with Gasteiger partial charge in [0, 0.05) is 25.2 Å². The number of benzene rings is 2. The lowest BCUT2D eigenvalue weighted by molar-refractivity contribution is -0.384. The first-order chi connectivity index (χ1) is 10.6. The number of aliphatic hydroxyl groups is 1. The lowest BCUT2D eigenvalue weighted by atomic mass is 10.1. The average Bonchev–Trinajstić information content (AvgIpc) is 2.54. The molecule has 2 aromatic rings. The van der Waals surface area contributed by atoms with Crippen molar-refractivity contribution in [3.05, 3.63) is 75.8 Å². The van der Waals surface area contributed by atoms with Crippen molar-refractivity contribution in [2.75, 3.05) is 6.54 Å². The molecule has 0 amide bonds. The zero-order chi connectivity index (χ0) is 15.8. The van der Waals surface area contributed by atoms with Crippen molar-refractivity contribution < 1.29 is 10.0 Å². The molecule has 0 spiro atoms. The van der Waals surface area contributed by atoms with E-state index in [1.165, 1.54) is 11.6 Å². The maximum absolute atomic E-state index is 10.7. The SMILES string of the molecule is O=[N+]([O-])c1cccc(CNCC(O)CCc2ccccc2)c1. The molecule has 0 aliphatic rings. The summed E-state index contributed by atoms with van der Waals surface area (Å²) in [4.78, 5) is 10.3. The summed E-state index contributed by atoms with van der Waals surface area (Å²) in [6.45, 7) is 0.972. The van der Waals surface area contributed by atoms with Gasteiger partial charge in [0.2, 0.25) is 0 Å². The molecule has 0 aliphatic carbocycles. The number of non-ortho nitro benzene ring substituents is 1. The molecule has 2 N–H and O–H groups in total. The minimum atomic E-state index is -0.432. The van der Waals surface area contributed by atoms with Crippen LogP contribution in [0.15, 0.2) is 54.6 Å². The van der Waals surface area contributed by atoms with Crippen molar-refractivity contribution in [3.63, 3.8) is 0 Å². The predicted molar refractivity (Wildman–Crippen MR) is 85.6 cm³/mol. The van der Waals surface area contributed by atoms with E-state index in [9.17, 15) is 15.2 Å². The van der Waals surface area contributed by atoms with E-state index >= 15 is 0 Å². The van der Waals surface area contributed by atoms with Crippen LogP contribution >= 0.6 is 0 Å². The summed E-state index contributed by atoms with van der Waals surface area (Å²) in [7, 11) is 0. The van der Waals surface area contributed by atoms with Crippen LogP contribution in [-0.4, -0.2) is 22.7 Å². The fraction of sp³-hybridized carbons (Fsp3) is 0.294. The van der Waals surface area contributed by atoms with Gasteiger partial charge in [0.05, 0.1) is 11.0 Å². The number of nitro groups is 1. The van der Waals surface area contributed by atoms with Gasteiger partial charge in [-0.15, -0.1) is 0 Å². The zero-order valence-corrected chi connectivity index (χ0v) is 12.3. The molecular weight excluding hydrogens is 280 g/mol. The minimum Gasteiger partial charge on any atom is -0.392 e. The Hall–Kier alpha value is -2.24. The van der Waals surface area contributed by atoms with Gasteiger partial charge in [-0.1, -0.05) is 42.5 Å². The highest BCUT2D eigenvalue weighted by atomic mass is 16.6. The van der Waals surface area contributed by atoms with Gasteiger partial charge < -0.3 is 10.4 Å². The van der Waals surface area contributed by atoms with Crippen molar-refractivity contribution >= 4 is 5.69 Å². The lowest BCUT2D eigenvalue weighted by Gasteiger charge is -2.12. The maximum Gasteiger partial charge on any atom is 0.269 e. The van der Waals surface area contributed by atoms with Crippen LogP contribution in [0.1, 0.15) is 17.5 Å². The fourth-order valence-corrected chi connectivity index (χ4v) is 2.24. The maximum atomic E-state index is 10.7. The summed E-state index contributed by atoms with van der Waals surface area (Å²) in [6.07, 6.45) is 1.09. The predicted octanol–water partition coefficient (Wildman–Crippen LogP) is 2.68. The quantitative estimate of drug-likeness (QED) is 0.580. The number of nitro benzene ring substituents is 1. The Balaban J connectivity index is 1.71. The molecule has 0 saturated carbocycles. The van der Waals surface area contributed by atoms with E-state index in [-0.39, 0.29) is 5.69 Å². The number of aryl methyl sites for hydroxylation is 1. The lowest BCUT2D eigenvalue weighted by Crippen LogP contribution is -2.26. The first-order valence-corrected chi connectivity index (χ1v) is 7.31. The summed E-state index contributed by atoms with van der Waals surface area (Å²) in [5, 5.41) is 23.8. The Labute approximate surface area is 129 Å². The van der Waals surface area contributed by atoms with E-state index in [4.69, 9.17) is 0 Å². The van der Waals surface area contributed by atoms with Crippen LogP contribution in [0.5, 0.6) is 0 Å². The highest BCUT2D eigenvalue weighted by Crippen LogP contribution is 2.12. The van der Waals surface area contributed by atoms with E-state index < -0.39 is 11.0 Å². The molecular formula is C17H20N2O3. The Kier molecular flexibility index (Phi) is 6.06. The Morgan fingerprint density at radius 3 is 2.55 bits per heavy atom. The van der Waals surface area contributed by atoms with Crippen molar-refractivity contribution in [1.29, 1.82) is 0 Å². The normalized spacial score (nSPS) is 12.0. The number of hydrogen-bond acceptors (Lipinski definition) is 4. The molecule has 116 valence electrons. The monoisotopic (exact) mass is 300 g/mol. The van der Waals surface area contributed by atoms with Gasteiger partial charge in [-0.3, -0.25) is 10.1 Å². The Morgan fingerprint density at radius 1 is 1.09 bits per heavy atom. The van der Waals surface area contributed by atoms with E-state index in [1.807, 2.05) is 36.4 Å². The van der Waals surface area contributed by atoms with Crippen LogP contribution in [0, 0.1) is 10.1 Å². The number of hydrogen-bond donors (Lipinski definition) is 2. The number of aliphatic hydroxyl groups excluding tert-OH is 1. The zero-order valence-electron chi connectivity index (χ0n) is 12.3. The highest BCUT2D eigenvalue weighted by molar-refractivity contribution is 5.34. The summed E-state index contributed by atoms with van der Waals surface area (Å²) in [5.41, 5.74) is 2.13. The molecule has 1 unspecified atom stereocenters. The van der Waals surface area contributed by atoms with Crippen molar-refractivity contribution in [2.24, 2.45) is 0 Å². The van der Waals surface area contributed by atoms with Gasteiger partial charge in [0.25, 0.3) is 5.69 Å². The second-order valence-corrected chi connectivity index (χ2v) is 5.24. The van der Waals surface area contributed by atoms with E-state index in [0.717, 1.165) is 12.0 Å². The smallest absolute Gasteiger partial charge is 0.269 e. The summed E-state index contributed by atoms with van der Waals surface area (Å²) in [6, 6.07) is 16.6. The van der Waals surface area contributed by atoms with E-state index in [2.05, 4.69) is 5.32 Å². The van der Waals surface area contributed by atoms with Crippen LogP contribution < -0.4 is 5.32 Å². The Bertz CT molecular complexity index is 602. The molecule has 0 bridgehead atoms. The summed E-state index contributed by atoms with van der Waals surface area (Å²) >= 11 is 0. The summed E-state index contributed by atoms with van der Waals surface area (Å²) < 4.78 is 0. The van der Waals surface area contributed by atoms with Crippen LogP contribution in [-0.2, 0) is 13.0 Å². The molecule has 5 nitrogen and oxygen atoms in total.